The molecule has 0 fully saturated rings. The zero-order valence-electron chi connectivity index (χ0n) is 6.40. The summed E-state index contributed by atoms with van der Waals surface area (Å²) < 4.78 is 0. The summed E-state index contributed by atoms with van der Waals surface area (Å²) in [6.45, 7) is 0. The predicted octanol–water partition coefficient (Wildman–Crippen LogP) is 2.39. The maximum absolute atomic E-state index is 5.74. The van der Waals surface area contributed by atoms with Gasteiger partial charge in [0.05, 0.1) is 16.3 Å². The van der Waals surface area contributed by atoms with E-state index in [0.717, 1.165) is 16.3 Å². The van der Waals surface area contributed by atoms with Crippen molar-refractivity contribution in [2.24, 2.45) is 0 Å². The molecule has 3 heteroatoms. The van der Waals surface area contributed by atoms with E-state index in [-0.39, 0.29) is 0 Å². The van der Waals surface area contributed by atoms with E-state index in [4.69, 9.17) is 5.73 Å². The fourth-order valence-electron chi connectivity index (χ4n) is 1.02. The van der Waals surface area contributed by atoms with Crippen LogP contribution in [0, 0.1) is 0 Å². The van der Waals surface area contributed by atoms with Gasteiger partial charge in [-0.3, -0.25) is 4.98 Å². The largest absolute Gasteiger partial charge is 0.397 e. The van der Waals surface area contributed by atoms with Crippen LogP contribution >= 0.6 is 11.3 Å². The molecule has 0 unspecified atom stereocenters. The maximum atomic E-state index is 5.74. The molecule has 0 saturated heterocycles. The second-order valence-electron chi connectivity index (χ2n) is 2.42. The molecule has 0 saturated carbocycles. The van der Waals surface area contributed by atoms with E-state index in [2.05, 4.69) is 4.98 Å². The number of anilines is 1. The van der Waals surface area contributed by atoms with E-state index < -0.39 is 0 Å². The molecule has 2 aromatic rings. The zero-order valence-corrected chi connectivity index (χ0v) is 7.21. The van der Waals surface area contributed by atoms with Gasteiger partial charge in [-0.25, -0.2) is 0 Å². The molecule has 2 rings (SSSR count). The third-order valence-electron chi connectivity index (χ3n) is 1.59. The van der Waals surface area contributed by atoms with Gasteiger partial charge in [-0.15, -0.1) is 11.3 Å². The summed E-state index contributed by atoms with van der Waals surface area (Å²) in [7, 11) is 0. The Labute approximate surface area is 74.7 Å². The predicted molar refractivity (Wildman–Crippen MR) is 52.0 cm³/mol. The molecule has 0 spiro atoms. The summed E-state index contributed by atoms with van der Waals surface area (Å²) in [6, 6.07) is 7.71. The van der Waals surface area contributed by atoms with Gasteiger partial charge in [0, 0.05) is 6.20 Å². The standard InChI is InChI=1S/C9H8N2S/c10-7-4-6-12-9(7)8-3-1-2-5-11-8/h1-6H,10H2. The van der Waals surface area contributed by atoms with Crippen LogP contribution in [-0.2, 0) is 0 Å². The number of pyridine rings is 1. The Hall–Kier alpha value is -1.35. The van der Waals surface area contributed by atoms with E-state index in [1.54, 1.807) is 17.5 Å². The van der Waals surface area contributed by atoms with Crippen LogP contribution in [0.3, 0.4) is 0 Å². The van der Waals surface area contributed by atoms with E-state index >= 15 is 0 Å². The van der Waals surface area contributed by atoms with E-state index in [0.29, 0.717) is 0 Å². The first-order chi connectivity index (χ1) is 5.88. The number of hydrogen-bond acceptors (Lipinski definition) is 3. The van der Waals surface area contributed by atoms with Gasteiger partial charge in [0.25, 0.3) is 0 Å². The Bertz CT molecular complexity index is 367. The van der Waals surface area contributed by atoms with E-state index in [1.165, 1.54) is 0 Å². The molecule has 0 aliphatic heterocycles. The van der Waals surface area contributed by atoms with Gasteiger partial charge in [0.1, 0.15) is 0 Å². The van der Waals surface area contributed by atoms with Crippen molar-refractivity contribution in [2.75, 3.05) is 5.73 Å². The molecule has 0 bridgehead atoms. The third kappa shape index (κ3) is 1.19. The lowest BCUT2D eigenvalue weighted by Gasteiger charge is -1.96. The summed E-state index contributed by atoms with van der Waals surface area (Å²) in [5, 5.41) is 1.97. The molecule has 2 nitrogen and oxygen atoms in total. The minimum absolute atomic E-state index is 0.804. The van der Waals surface area contributed by atoms with Gasteiger partial charge in [-0.2, -0.15) is 0 Å². The minimum Gasteiger partial charge on any atom is -0.397 e. The smallest absolute Gasteiger partial charge is 0.0822 e. The Morgan fingerprint density at radius 1 is 1.25 bits per heavy atom. The van der Waals surface area contributed by atoms with Crippen molar-refractivity contribution in [2.45, 2.75) is 0 Å². The van der Waals surface area contributed by atoms with Gasteiger partial charge < -0.3 is 5.73 Å². The molecule has 0 atom stereocenters. The van der Waals surface area contributed by atoms with E-state index in [9.17, 15) is 0 Å². The fraction of sp³-hybridized carbons (Fsp3) is 0. The summed E-state index contributed by atoms with van der Waals surface area (Å²) in [5.41, 5.74) is 7.50. The van der Waals surface area contributed by atoms with Gasteiger partial charge in [-0.05, 0) is 23.6 Å². The third-order valence-corrected chi connectivity index (χ3v) is 2.55. The Kier molecular flexibility index (Phi) is 1.80. The molecule has 60 valence electrons. The lowest BCUT2D eigenvalue weighted by Crippen LogP contribution is -1.85. The summed E-state index contributed by atoms with van der Waals surface area (Å²) >= 11 is 1.62. The molecule has 0 aliphatic rings. The van der Waals surface area contributed by atoms with Crippen LogP contribution in [0.2, 0.25) is 0 Å². The van der Waals surface area contributed by atoms with Gasteiger partial charge in [0.2, 0.25) is 0 Å². The summed E-state index contributed by atoms with van der Waals surface area (Å²) in [5.74, 6) is 0. The molecule has 2 aromatic heterocycles. The van der Waals surface area contributed by atoms with Crippen LogP contribution < -0.4 is 5.73 Å². The quantitative estimate of drug-likeness (QED) is 0.724. The number of thiophene rings is 1. The van der Waals surface area contributed by atoms with Crippen LogP contribution in [0.25, 0.3) is 10.6 Å². The summed E-state index contributed by atoms with van der Waals surface area (Å²) in [6.07, 6.45) is 1.77. The van der Waals surface area contributed by atoms with Crippen molar-refractivity contribution in [1.29, 1.82) is 0 Å². The molecular formula is C9H8N2S. The number of nitrogens with zero attached hydrogens (tertiary/aromatic N) is 1. The topological polar surface area (TPSA) is 38.9 Å². The SMILES string of the molecule is Nc1ccsc1-c1ccccn1. The molecule has 2 N–H and O–H groups in total. The van der Waals surface area contributed by atoms with Crippen molar-refractivity contribution >= 4 is 17.0 Å². The highest BCUT2D eigenvalue weighted by Crippen LogP contribution is 2.29. The normalized spacial score (nSPS) is 10.0. The second kappa shape index (κ2) is 2.95. The molecule has 12 heavy (non-hydrogen) atoms. The van der Waals surface area contributed by atoms with Crippen molar-refractivity contribution in [3.05, 3.63) is 35.8 Å². The average Bonchev–Trinajstić information content (AvgIpc) is 2.53. The summed E-state index contributed by atoms with van der Waals surface area (Å²) in [4.78, 5) is 5.26. The van der Waals surface area contributed by atoms with Crippen LogP contribution in [0.5, 0.6) is 0 Å². The highest BCUT2D eigenvalue weighted by Gasteiger charge is 2.02. The zero-order chi connectivity index (χ0) is 8.39. The highest BCUT2D eigenvalue weighted by molar-refractivity contribution is 7.14. The van der Waals surface area contributed by atoms with E-state index in [1.807, 2.05) is 29.6 Å². The Balaban J connectivity index is 2.51. The number of nitrogen functional groups attached to an aromatic ring is 1. The fourth-order valence-corrected chi connectivity index (χ4v) is 1.82. The molecule has 0 aromatic carbocycles. The molecular weight excluding hydrogens is 168 g/mol. The first-order valence-electron chi connectivity index (χ1n) is 3.62. The van der Waals surface area contributed by atoms with Crippen LogP contribution in [0.4, 0.5) is 5.69 Å². The maximum Gasteiger partial charge on any atom is 0.0822 e. The van der Waals surface area contributed by atoms with Gasteiger partial charge >= 0.3 is 0 Å². The Morgan fingerprint density at radius 2 is 2.17 bits per heavy atom. The van der Waals surface area contributed by atoms with Gasteiger partial charge in [-0.1, -0.05) is 6.07 Å². The first kappa shape index (κ1) is 7.31. The first-order valence-corrected chi connectivity index (χ1v) is 4.50. The monoisotopic (exact) mass is 176 g/mol. The lowest BCUT2D eigenvalue weighted by molar-refractivity contribution is 1.34. The average molecular weight is 176 g/mol. The number of aromatic nitrogens is 1. The lowest BCUT2D eigenvalue weighted by atomic mass is 10.3. The molecule has 0 radical (unpaired) electrons. The van der Waals surface area contributed by atoms with Crippen molar-refractivity contribution < 1.29 is 0 Å². The number of hydrogen-bond donors (Lipinski definition) is 1. The molecule has 0 amide bonds. The Morgan fingerprint density at radius 3 is 2.75 bits per heavy atom. The van der Waals surface area contributed by atoms with Crippen LogP contribution in [0.15, 0.2) is 35.8 Å². The van der Waals surface area contributed by atoms with Crippen molar-refractivity contribution in [3.8, 4) is 10.6 Å². The molecule has 2 heterocycles. The highest BCUT2D eigenvalue weighted by atomic mass is 32.1. The van der Waals surface area contributed by atoms with Crippen LogP contribution in [-0.4, -0.2) is 4.98 Å². The van der Waals surface area contributed by atoms with Crippen molar-refractivity contribution in [1.82, 2.24) is 4.98 Å². The van der Waals surface area contributed by atoms with Gasteiger partial charge in [0.15, 0.2) is 0 Å². The van der Waals surface area contributed by atoms with Crippen molar-refractivity contribution in [3.63, 3.8) is 0 Å². The number of nitrogens with two attached hydrogens (primary N) is 1. The molecule has 0 aliphatic carbocycles. The minimum atomic E-state index is 0.804. The second-order valence-corrected chi connectivity index (χ2v) is 3.34. The van der Waals surface area contributed by atoms with Crippen LogP contribution in [0.1, 0.15) is 0 Å². The number of rotatable bonds is 1.